The Morgan fingerprint density at radius 2 is 1.60 bits per heavy atom. The monoisotopic (exact) mass is 487 g/mol. The maximum atomic E-state index is 13.1. The summed E-state index contributed by atoms with van der Waals surface area (Å²) >= 11 is 0. The minimum absolute atomic E-state index is 0.0158. The number of hydrogen-bond donors (Lipinski definition) is 1. The molecule has 1 N–H and O–H groups in total. The van der Waals surface area contributed by atoms with Crippen molar-refractivity contribution in [2.24, 2.45) is 0 Å². The number of amides is 1. The number of likely N-dealkylation sites (tertiary alicyclic amines) is 1. The van der Waals surface area contributed by atoms with Gasteiger partial charge in [-0.1, -0.05) is 35.9 Å². The van der Waals surface area contributed by atoms with Crippen LogP contribution >= 0.6 is 0 Å². The summed E-state index contributed by atoms with van der Waals surface area (Å²) in [5.74, 6) is 0.413. The van der Waals surface area contributed by atoms with Crippen molar-refractivity contribution < 1.29 is 13.2 Å². The van der Waals surface area contributed by atoms with Crippen LogP contribution in [0.3, 0.4) is 0 Å². The molecule has 1 aliphatic heterocycles. The minimum Gasteiger partial charge on any atom is -0.361 e. The summed E-state index contributed by atoms with van der Waals surface area (Å²) in [6.45, 7) is 3.32. The van der Waals surface area contributed by atoms with E-state index in [1.165, 1.54) is 22.3 Å². The minimum atomic E-state index is -3.67. The molecule has 2 heterocycles. The van der Waals surface area contributed by atoms with Gasteiger partial charge < -0.3 is 9.88 Å². The Bertz CT molecular complexity index is 1450. The van der Waals surface area contributed by atoms with E-state index < -0.39 is 10.0 Å². The molecule has 3 aromatic carbocycles. The van der Waals surface area contributed by atoms with Crippen molar-refractivity contribution in [3.05, 3.63) is 95.7 Å². The lowest BCUT2D eigenvalue weighted by molar-refractivity contribution is 0.0713. The van der Waals surface area contributed by atoms with Crippen molar-refractivity contribution in [2.45, 2.75) is 30.6 Å². The van der Waals surface area contributed by atoms with Gasteiger partial charge in [0.05, 0.1) is 10.6 Å². The molecule has 0 bridgehead atoms. The Hall–Kier alpha value is -3.58. The highest BCUT2D eigenvalue weighted by atomic mass is 32.2. The molecule has 180 valence electrons. The standard InChI is InChI=1S/C28H29N3O3S/c1-20-7-13-24(14-8-20)35(33,34)30(2)23-11-9-22(10-12-23)28(32)31-17-15-21(16-18-31)26-19-29-27-6-4-3-5-25(26)27/h3-14,19,21,29H,15-18H2,1-2H3. The normalized spacial score (nSPS) is 14.9. The number of para-hydroxylation sites is 1. The number of aromatic amines is 1. The molecule has 1 amide bonds. The quantitative estimate of drug-likeness (QED) is 0.414. The molecule has 0 radical (unpaired) electrons. The van der Waals surface area contributed by atoms with Crippen LogP contribution in [0.15, 0.2) is 83.9 Å². The third-order valence-corrected chi connectivity index (χ3v) is 8.80. The molecule has 7 heteroatoms. The highest BCUT2D eigenvalue weighted by Gasteiger charge is 2.27. The van der Waals surface area contributed by atoms with Crippen molar-refractivity contribution in [1.82, 2.24) is 9.88 Å². The zero-order valence-corrected chi connectivity index (χ0v) is 20.8. The molecule has 0 saturated carbocycles. The van der Waals surface area contributed by atoms with Crippen LogP contribution < -0.4 is 4.31 Å². The summed E-state index contributed by atoms with van der Waals surface area (Å²) in [5.41, 5.74) is 4.56. The molecule has 1 saturated heterocycles. The van der Waals surface area contributed by atoms with Crippen molar-refractivity contribution in [3.63, 3.8) is 0 Å². The first kappa shape index (κ1) is 23.2. The van der Waals surface area contributed by atoms with Gasteiger partial charge >= 0.3 is 0 Å². The van der Waals surface area contributed by atoms with E-state index in [2.05, 4.69) is 29.4 Å². The fraction of sp³-hybridized carbons (Fsp3) is 0.250. The maximum absolute atomic E-state index is 13.1. The van der Waals surface area contributed by atoms with Crippen LogP contribution in [0.2, 0.25) is 0 Å². The van der Waals surface area contributed by atoms with E-state index in [1.54, 1.807) is 48.5 Å². The molecule has 6 nitrogen and oxygen atoms in total. The molecule has 0 atom stereocenters. The van der Waals surface area contributed by atoms with Crippen LogP contribution in [0.4, 0.5) is 5.69 Å². The largest absolute Gasteiger partial charge is 0.361 e. The van der Waals surface area contributed by atoms with Gasteiger partial charge in [0.2, 0.25) is 0 Å². The van der Waals surface area contributed by atoms with Crippen LogP contribution in [0.25, 0.3) is 10.9 Å². The number of piperidine rings is 1. The third-order valence-electron chi connectivity index (χ3n) is 7.00. The number of rotatable bonds is 5. The number of anilines is 1. The highest BCUT2D eigenvalue weighted by Crippen LogP contribution is 2.33. The molecule has 0 spiro atoms. The van der Waals surface area contributed by atoms with Gasteiger partial charge in [-0.05, 0) is 73.7 Å². The first-order valence-corrected chi connectivity index (χ1v) is 13.3. The molecule has 5 rings (SSSR count). The van der Waals surface area contributed by atoms with Crippen molar-refractivity contribution in [3.8, 4) is 0 Å². The SMILES string of the molecule is Cc1ccc(S(=O)(=O)N(C)c2ccc(C(=O)N3CCC(c4c[nH]c5ccccc45)CC3)cc2)cc1. The van der Waals surface area contributed by atoms with E-state index in [1.807, 2.05) is 17.9 Å². The second kappa shape index (κ2) is 9.23. The summed E-state index contributed by atoms with van der Waals surface area (Å²) in [7, 11) is -2.14. The number of sulfonamides is 1. The number of aryl methyl sites for hydroxylation is 1. The fourth-order valence-electron chi connectivity index (χ4n) is 4.83. The summed E-state index contributed by atoms with van der Waals surface area (Å²) < 4.78 is 27.2. The van der Waals surface area contributed by atoms with Crippen LogP contribution in [-0.2, 0) is 10.0 Å². The van der Waals surface area contributed by atoms with Gasteiger partial charge in [-0.25, -0.2) is 8.42 Å². The number of aromatic nitrogens is 1. The zero-order valence-electron chi connectivity index (χ0n) is 19.9. The Morgan fingerprint density at radius 3 is 2.29 bits per heavy atom. The molecule has 0 aliphatic carbocycles. The maximum Gasteiger partial charge on any atom is 0.264 e. The summed E-state index contributed by atoms with van der Waals surface area (Å²) in [6, 6.07) is 21.9. The lowest BCUT2D eigenvalue weighted by Gasteiger charge is -2.32. The average Bonchev–Trinajstić information content (AvgIpc) is 3.32. The second-order valence-electron chi connectivity index (χ2n) is 9.19. The van der Waals surface area contributed by atoms with Gasteiger partial charge in [0, 0.05) is 42.8 Å². The van der Waals surface area contributed by atoms with E-state index in [0.29, 0.717) is 30.3 Å². The number of fused-ring (bicyclic) bond motifs is 1. The number of benzene rings is 3. The molecular weight excluding hydrogens is 458 g/mol. The fourth-order valence-corrected chi connectivity index (χ4v) is 6.02. The van der Waals surface area contributed by atoms with Gasteiger partial charge in [-0.15, -0.1) is 0 Å². The van der Waals surface area contributed by atoms with Gasteiger partial charge in [0.1, 0.15) is 0 Å². The Kier molecular flexibility index (Phi) is 6.11. The van der Waals surface area contributed by atoms with Gasteiger partial charge in [0.15, 0.2) is 0 Å². The number of H-pyrrole nitrogens is 1. The van der Waals surface area contributed by atoms with E-state index in [4.69, 9.17) is 0 Å². The van der Waals surface area contributed by atoms with E-state index in [-0.39, 0.29) is 10.8 Å². The first-order valence-electron chi connectivity index (χ1n) is 11.9. The zero-order chi connectivity index (χ0) is 24.6. The summed E-state index contributed by atoms with van der Waals surface area (Å²) in [6.07, 6.45) is 3.94. The molecule has 1 fully saturated rings. The Labute approximate surface area is 206 Å². The smallest absolute Gasteiger partial charge is 0.264 e. The topological polar surface area (TPSA) is 73.5 Å². The second-order valence-corrected chi connectivity index (χ2v) is 11.2. The van der Waals surface area contributed by atoms with Crippen LogP contribution in [0, 0.1) is 6.92 Å². The molecule has 1 aliphatic rings. The van der Waals surface area contributed by atoms with Crippen molar-refractivity contribution in [2.75, 3.05) is 24.4 Å². The van der Waals surface area contributed by atoms with Crippen molar-refractivity contribution in [1.29, 1.82) is 0 Å². The molecule has 1 aromatic heterocycles. The lowest BCUT2D eigenvalue weighted by atomic mass is 9.89. The molecular formula is C28H29N3O3S. The van der Waals surface area contributed by atoms with Gasteiger partial charge in [0.25, 0.3) is 15.9 Å². The molecule has 35 heavy (non-hydrogen) atoms. The predicted molar refractivity (Wildman–Crippen MR) is 139 cm³/mol. The van der Waals surface area contributed by atoms with Gasteiger partial charge in [-0.2, -0.15) is 0 Å². The van der Waals surface area contributed by atoms with Crippen LogP contribution in [0.5, 0.6) is 0 Å². The Balaban J connectivity index is 1.25. The van der Waals surface area contributed by atoms with Crippen LogP contribution in [-0.4, -0.2) is 44.3 Å². The molecule has 4 aromatic rings. The van der Waals surface area contributed by atoms with Gasteiger partial charge in [-0.3, -0.25) is 9.10 Å². The highest BCUT2D eigenvalue weighted by molar-refractivity contribution is 7.92. The number of carbonyl (C=O) groups is 1. The van der Waals surface area contributed by atoms with E-state index >= 15 is 0 Å². The average molecular weight is 488 g/mol. The predicted octanol–water partition coefficient (Wildman–Crippen LogP) is 5.32. The summed E-state index contributed by atoms with van der Waals surface area (Å²) in [4.78, 5) is 18.6. The van der Waals surface area contributed by atoms with E-state index in [0.717, 1.165) is 23.9 Å². The van der Waals surface area contributed by atoms with E-state index in [9.17, 15) is 13.2 Å². The number of nitrogens with zero attached hydrogens (tertiary/aromatic N) is 2. The van der Waals surface area contributed by atoms with Crippen LogP contribution in [0.1, 0.15) is 40.2 Å². The number of hydrogen-bond acceptors (Lipinski definition) is 3. The Morgan fingerprint density at radius 1 is 0.943 bits per heavy atom. The third kappa shape index (κ3) is 4.44. The first-order chi connectivity index (χ1) is 16.8. The number of nitrogens with one attached hydrogen (secondary N) is 1. The summed E-state index contributed by atoms with van der Waals surface area (Å²) in [5, 5.41) is 1.26. The molecule has 0 unspecified atom stereocenters. The number of carbonyl (C=O) groups excluding carboxylic acids is 1. The lowest BCUT2D eigenvalue weighted by Crippen LogP contribution is -2.37. The van der Waals surface area contributed by atoms with Crippen molar-refractivity contribution >= 4 is 32.5 Å².